The Kier molecular flexibility index (Phi) is 8.34. The van der Waals surface area contributed by atoms with Crippen molar-refractivity contribution in [2.45, 2.75) is 31.0 Å². The Balaban J connectivity index is 1.81. The number of terminal acetylenes is 1. The van der Waals surface area contributed by atoms with Crippen LogP contribution in [-0.2, 0) is 20.4 Å². The van der Waals surface area contributed by atoms with Gasteiger partial charge in [-0.15, -0.1) is 6.42 Å². The van der Waals surface area contributed by atoms with Gasteiger partial charge < -0.3 is 14.2 Å². The van der Waals surface area contributed by atoms with Crippen LogP contribution in [0.25, 0.3) is 0 Å². The van der Waals surface area contributed by atoms with Crippen LogP contribution in [0.15, 0.2) is 27.9 Å². The number of aromatic amines is 1. The van der Waals surface area contributed by atoms with Crippen molar-refractivity contribution in [2.24, 2.45) is 0 Å². The number of ether oxygens (including phenoxy) is 3. The van der Waals surface area contributed by atoms with Crippen LogP contribution in [0.3, 0.4) is 0 Å². The first-order valence-corrected chi connectivity index (χ1v) is 10.9. The Morgan fingerprint density at radius 3 is 2.53 bits per heavy atom. The van der Waals surface area contributed by atoms with Crippen molar-refractivity contribution in [3.63, 3.8) is 0 Å². The predicted molar refractivity (Wildman–Crippen MR) is 123 cm³/mol. The zero-order valence-corrected chi connectivity index (χ0v) is 19.9. The number of benzene rings is 1. The smallest absolute Gasteiger partial charge is 0.423 e. The summed E-state index contributed by atoms with van der Waals surface area (Å²) < 4.78 is 56.8. The van der Waals surface area contributed by atoms with Gasteiger partial charge in [0, 0.05) is 18.2 Å². The second kappa shape index (κ2) is 10.7. The van der Waals surface area contributed by atoms with Gasteiger partial charge >= 0.3 is 11.9 Å². The van der Waals surface area contributed by atoms with E-state index >= 15 is 0 Å². The van der Waals surface area contributed by atoms with E-state index in [1.54, 1.807) is 4.98 Å². The molecule has 0 bridgehead atoms. The molecule has 0 spiro atoms. The first-order chi connectivity index (χ1) is 15.9. The lowest BCUT2D eigenvalue weighted by Crippen LogP contribution is -2.36. The summed E-state index contributed by atoms with van der Waals surface area (Å²) in [5, 5.41) is 0.439. The van der Waals surface area contributed by atoms with E-state index in [2.05, 4.69) is 5.92 Å². The Bertz CT molecular complexity index is 1230. The molecule has 1 aromatic heterocycles. The number of rotatable bonds is 6. The van der Waals surface area contributed by atoms with Crippen molar-refractivity contribution in [1.29, 1.82) is 0 Å². The van der Waals surface area contributed by atoms with E-state index < -0.39 is 41.4 Å². The van der Waals surface area contributed by atoms with Crippen LogP contribution in [0.4, 0.5) is 13.2 Å². The fraction of sp³-hybridized carbons (Fsp3) is 0.350. The van der Waals surface area contributed by atoms with E-state index in [0.29, 0.717) is 16.3 Å². The molecule has 0 saturated carbocycles. The zero-order chi connectivity index (χ0) is 25.2. The number of aromatic nitrogens is 2. The molecular weight excluding hydrogens is 544 g/mol. The number of nitrogens with zero attached hydrogens (tertiary/aromatic N) is 1. The van der Waals surface area contributed by atoms with Gasteiger partial charge in [-0.05, 0) is 24.4 Å². The molecule has 1 aromatic carbocycles. The van der Waals surface area contributed by atoms with Crippen molar-refractivity contribution in [1.82, 2.24) is 9.55 Å². The van der Waals surface area contributed by atoms with Gasteiger partial charge in [-0.2, -0.15) is 13.2 Å². The summed E-state index contributed by atoms with van der Waals surface area (Å²) in [6, 6.07) is 2.89. The molecule has 0 radical (unpaired) electrons. The first kappa shape index (κ1) is 26.5. The molecule has 7 nitrogen and oxygen atoms in total. The summed E-state index contributed by atoms with van der Waals surface area (Å²) in [4.78, 5) is 25.4. The molecule has 14 heteroatoms. The fourth-order valence-electron chi connectivity index (χ4n) is 3.17. The van der Waals surface area contributed by atoms with E-state index in [4.69, 9.17) is 67.7 Å². The molecule has 3 atom stereocenters. The Morgan fingerprint density at radius 2 is 1.94 bits per heavy atom. The predicted octanol–water partition coefficient (Wildman–Crippen LogP) is 4.21. The number of thiocarbonyl (C=S) groups is 1. The van der Waals surface area contributed by atoms with E-state index in [-0.39, 0.29) is 39.8 Å². The van der Waals surface area contributed by atoms with Crippen molar-refractivity contribution in [3.05, 3.63) is 65.4 Å². The maximum absolute atomic E-state index is 13.1. The minimum Gasteiger partial charge on any atom is -0.480 e. The molecule has 0 aliphatic carbocycles. The lowest BCUT2D eigenvalue weighted by Gasteiger charge is -2.19. The van der Waals surface area contributed by atoms with Crippen molar-refractivity contribution >= 4 is 52.1 Å². The zero-order valence-electron chi connectivity index (χ0n) is 16.8. The van der Waals surface area contributed by atoms with Gasteiger partial charge in [-0.3, -0.25) is 14.3 Å². The van der Waals surface area contributed by atoms with Crippen LogP contribution in [0, 0.1) is 12.3 Å². The number of H-pyrrole nitrogens is 1. The Labute approximate surface area is 210 Å². The van der Waals surface area contributed by atoms with Crippen molar-refractivity contribution in [3.8, 4) is 12.3 Å². The highest BCUT2D eigenvalue weighted by atomic mass is 35.5. The minimum absolute atomic E-state index is 0.0104. The van der Waals surface area contributed by atoms with Gasteiger partial charge in [0.25, 0.3) is 5.56 Å². The summed E-state index contributed by atoms with van der Waals surface area (Å²) in [6.45, 7) is -0.328. The summed E-state index contributed by atoms with van der Waals surface area (Å²) >= 11 is 23.1. The second-order valence-corrected chi connectivity index (χ2v) is 8.54. The fourth-order valence-corrected chi connectivity index (χ4v) is 3.95. The molecule has 0 unspecified atom stereocenters. The molecule has 1 aliphatic heterocycles. The molecule has 1 aliphatic rings. The van der Waals surface area contributed by atoms with Crippen LogP contribution in [0.1, 0.15) is 23.8 Å². The summed E-state index contributed by atoms with van der Waals surface area (Å²) in [5.41, 5.74) is -3.83. The molecule has 1 fully saturated rings. The van der Waals surface area contributed by atoms with Gasteiger partial charge in [0.1, 0.15) is 31.1 Å². The van der Waals surface area contributed by atoms with E-state index in [1.165, 1.54) is 12.1 Å². The third kappa shape index (κ3) is 5.94. The van der Waals surface area contributed by atoms with Gasteiger partial charge in [-0.1, -0.05) is 40.7 Å². The van der Waals surface area contributed by atoms with Crippen LogP contribution >= 0.6 is 47.0 Å². The maximum Gasteiger partial charge on any atom is 0.423 e. The largest absolute Gasteiger partial charge is 0.480 e. The maximum atomic E-state index is 13.1. The van der Waals surface area contributed by atoms with Crippen LogP contribution in [-0.4, -0.2) is 40.0 Å². The topological polar surface area (TPSA) is 82.6 Å². The number of hydrogen-bond acceptors (Lipinski definition) is 6. The number of nitrogens with one attached hydrogen (secondary N) is 1. The standard InChI is InChI=1S/C20H14Cl3F3N2O5S/c1-2-3-31-13-6-15(28-7-10(20(24,25)26)17(29)27-19(28)30)33-14(13)8-32-18(34)9-4-11(21)16(23)12(22)5-9/h1,4-5,7,13-15H,3,6,8H2,(H,27,29,30)/t13-,14+,15+/m0/s1. The first-order valence-electron chi connectivity index (χ1n) is 9.37. The van der Waals surface area contributed by atoms with Gasteiger partial charge in [0.2, 0.25) is 0 Å². The van der Waals surface area contributed by atoms with E-state index in [0.717, 1.165) is 0 Å². The van der Waals surface area contributed by atoms with Crippen molar-refractivity contribution < 1.29 is 27.4 Å². The molecule has 2 aromatic rings. The average molecular weight is 558 g/mol. The molecule has 1 N–H and O–H groups in total. The highest BCUT2D eigenvalue weighted by Crippen LogP contribution is 2.33. The van der Waals surface area contributed by atoms with Gasteiger partial charge in [-0.25, -0.2) is 4.79 Å². The summed E-state index contributed by atoms with van der Waals surface area (Å²) in [5.74, 6) is 2.28. The number of alkyl halides is 3. The third-order valence-electron chi connectivity index (χ3n) is 4.74. The molecule has 2 heterocycles. The van der Waals surface area contributed by atoms with Gasteiger partial charge in [0.05, 0.1) is 21.2 Å². The molecule has 3 rings (SSSR count). The lowest BCUT2D eigenvalue weighted by atomic mass is 10.2. The lowest BCUT2D eigenvalue weighted by molar-refractivity contribution is -0.139. The highest BCUT2D eigenvalue weighted by Gasteiger charge is 2.40. The van der Waals surface area contributed by atoms with E-state index in [9.17, 15) is 22.8 Å². The summed E-state index contributed by atoms with van der Waals surface area (Å²) in [7, 11) is 0. The average Bonchev–Trinajstić information content (AvgIpc) is 3.15. The monoisotopic (exact) mass is 556 g/mol. The van der Waals surface area contributed by atoms with Crippen LogP contribution in [0.2, 0.25) is 15.1 Å². The summed E-state index contributed by atoms with van der Waals surface area (Å²) in [6.07, 6.45) is -2.23. The number of halogens is 6. The molecular formula is C20H14Cl3F3N2O5S. The molecule has 182 valence electrons. The van der Waals surface area contributed by atoms with Crippen LogP contribution in [0.5, 0.6) is 0 Å². The third-order valence-corrected chi connectivity index (χ3v) is 6.29. The van der Waals surface area contributed by atoms with E-state index in [1.807, 2.05) is 0 Å². The second-order valence-electron chi connectivity index (χ2n) is 6.98. The molecule has 0 amide bonds. The van der Waals surface area contributed by atoms with Crippen LogP contribution < -0.4 is 11.2 Å². The SMILES string of the molecule is C#CCO[C@H]1C[C@H](n2cc(C(F)(F)F)c(=O)[nH]c2=O)O[C@@H]1COC(=S)c1cc(Cl)c(Cl)c(Cl)c1. The molecule has 1 saturated heterocycles. The minimum atomic E-state index is -4.98. The highest BCUT2D eigenvalue weighted by molar-refractivity contribution is 7.80. The normalized spacial score (nSPS) is 20.2. The Hall–Kier alpha value is -2.07. The quantitative estimate of drug-likeness (QED) is 0.326. The molecule has 34 heavy (non-hydrogen) atoms. The number of hydrogen-bond donors (Lipinski definition) is 1. The van der Waals surface area contributed by atoms with Gasteiger partial charge in [0.15, 0.2) is 5.05 Å². The Morgan fingerprint density at radius 1 is 1.29 bits per heavy atom. The van der Waals surface area contributed by atoms with Crippen molar-refractivity contribution in [2.75, 3.05) is 13.2 Å².